The maximum atomic E-state index is 14.2. The summed E-state index contributed by atoms with van der Waals surface area (Å²) >= 11 is 0. The Morgan fingerprint density at radius 3 is 2.88 bits per heavy atom. The van der Waals surface area contributed by atoms with Crippen LogP contribution in [0, 0.1) is 23.6 Å². The van der Waals surface area contributed by atoms with Crippen LogP contribution < -0.4 is 16.4 Å². The van der Waals surface area contributed by atoms with Gasteiger partial charge in [0.15, 0.2) is 11.6 Å². The first-order valence-electron chi connectivity index (χ1n) is 8.03. The molecule has 4 N–H and O–H groups in total. The highest BCUT2D eigenvalue weighted by molar-refractivity contribution is 5.79. The zero-order valence-corrected chi connectivity index (χ0v) is 13.6. The van der Waals surface area contributed by atoms with E-state index in [0.717, 1.165) is 12.6 Å². The first-order chi connectivity index (χ1) is 12.0. The Balaban J connectivity index is 1.57. The van der Waals surface area contributed by atoms with E-state index in [2.05, 4.69) is 31.8 Å². The number of aromatic nitrogens is 4. The summed E-state index contributed by atoms with van der Waals surface area (Å²) in [6.07, 6.45) is 9.38. The Hall–Kier alpha value is -2.97. The zero-order valence-electron chi connectivity index (χ0n) is 13.6. The number of halogens is 1. The number of carbonyl (C=O) groups excluding carboxylic acids is 1. The average Bonchev–Trinajstić information content (AvgIpc) is 3.26. The molecule has 0 unspecified atom stereocenters. The minimum atomic E-state index is -0.577. The number of hydrogen-bond donors (Lipinski definition) is 3. The molecule has 9 heteroatoms. The van der Waals surface area contributed by atoms with Crippen molar-refractivity contribution in [3.8, 4) is 0 Å². The summed E-state index contributed by atoms with van der Waals surface area (Å²) in [5.41, 5.74) is 6.23. The van der Waals surface area contributed by atoms with E-state index in [4.69, 9.17) is 5.73 Å². The fraction of sp³-hybridized carbons (Fsp3) is 0.375. The van der Waals surface area contributed by atoms with Crippen LogP contribution in [0.2, 0.25) is 0 Å². The van der Waals surface area contributed by atoms with Crippen LogP contribution in [0.15, 0.2) is 30.7 Å². The topological polar surface area (TPSA) is 111 Å². The van der Waals surface area contributed by atoms with Gasteiger partial charge in [-0.05, 0) is 18.3 Å². The molecule has 4 atom stereocenters. The number of primary amides is 1. The van der Waals surface area contributed by atoms with E-state index in [9.17, 15) is 9.18 Å². The fourth-order valence-electron chi connectivity index (χ4n) is 3.71. The van der Waals surface area contributed by atoms with Gasteiger partial charge in [0, 0.05) is 19.3 Å². The summed E-state index contributed by atoms with van der Waals surface area (Å²) in [5, 5.41) is 10.1. The van der Waals surface area contributed by atoms with Crippen LogP contribution in [0.1, 0.15) is 6.42 Å². The van der Waals surface area contributed by atoms with Crippen LogP contribution in [0.5, 0.6) is 0 Å². The van der Waals surface area contributed by atoms with E-state index >= 15 is 0 Å². The predicted molar refractivity (Wildman–Crippen MR) is 89.3 cm³/mol. The minimum absolute atomic E-state index is 0.0543. The summed E-state index contributed by atoms with van der Waals surface area (Å²) in [7, 11) is 1.79. The van der Waals surface area contributed by atoms with Crippen molar-refractivity contribution < 1.29 is 9.18 Å². The number of amides is 1. The van der Waals surface area contributed by atoms with Gasteiger partial charge in [-0.2, -0.15) is 10.1 Å². The highest BCUT2D eigenvalue weighted by atomic mass is 19.1. The lowest BCUT2D eigenvalue weighted by Gasteiger charge is -2.27. The SMILES string of the molecule is Cn1cc(Nc2ncc(F)c(N[C@H]3[C@@H](C(N)=O)[C@@H]4C=C[C@H]3C4)n2)cn1. The summed E-state index contributed by atoms with van der Waals surface area (Å²) in [6, 6.07) is -0.261. The lowest BCUT2D eigenvalue weighted by Crippen LogP contribution is -2.41. The third-order valence-corrected chi connectivity index (χ3v) is 4.80. The Labute approximate surface area is 143 Å². The molecular formula is C16H18FN7O. The number of nitrogens with two attached hydrogens (primary N) is 1. The van der Waals surface area contributed by atoms with Gasteiger partial charge < -0.3 is 16.4 Å². The number of fused-ring (bicyclic) bond motifs is 2. The first-order valence-corrected chi connectivity index (χ1v) is 8.03. The quantitative estimate of drug-likeness (QED) is 0.703. The highest BCUT2D eigenvalue weighted by Crippen LogP contribution is 2.44. The number of rotatable bonds is 5. The van der Waals surface area contributed by atoms with Crippen molar-refractivity contribution in [2.45, 2.75) is 12.5 Å². The molecule has 2 aromatic heterocycles. The maximum Gasteiger partial charge on any atom is 0.229 e. The van der Waals surface area contributed by atoms with Crippen molar-refractivity contribution in [3.63, 3.8) is 0 Å². The summed E-state index contributed by atoms with van der Waals surface area (Å²) in [6.45, 7) is 0. The van der Waals surface area contributed by atoms with Gasteiger partial charge in [-0.1, -0.05) is 12.2 Å². The molecule has 25 heavy (non-hydrogen) atoms. The molecule has 1 saturated carbocycles. The number of carbonyl (C=O) groups is 1. The second-order valence-corrected chi connectivity index (χ2v) is 6.46. The van der Waals surface area contributed by atoms with Crippen molar-refractivity contribution in [1.29, 1.82) is 0 Å². The molecule has 2 aliphatic carbocycles. The smallest absolute Gasteiger partial charge is 0.229 e. The first kappa shape index (κ1) is 15.6. The van der Waals surface area contributed by atoms with Crippen molar-refractivity contribution in [1.82, 2.24) is 19.7 Å². The van der Waals surface area contributed by atoms with Crippen molar-refractivity contribution >= 4 is 23.4 Å². The third kappa shape index (κ3) is 2.81. The second-order valence-electron chi connectivity index (χ2n) is 6.46. The molecule has 0 spiro atoms. The van der Waals surface area contributed by atoms with Crippen LogP contribution >= 0.6 is 0 Å². The van der Waals surface area contributed by atoms with E-state index in [1.54, 1.807) is 24.1 Å². The summed E-state index contributed by atoms with van der Waals surface area (Å²) < 4.78 is 15.8. The standard InChI is InChI=1S/C16H18FN7O/c1-24-7-10(5-20-24)21-16-19-6-11(17)15(23-16)22-13-9-3-2-8(4-9)12(13)14(18)25/h2-3,5-9,12-13H,4H2,1H3,(H2,18,25)(H2,19,21,22,23)/t8-,9+,12+,13-/m1/s1. The van der Waals surface area contributed by atoms with Gasteiger partial charge in [0.25, 0.3) is 0 Å². The normalized spacial score (nSPS) is 26.8. The number of allylic oxidation sites excluding steroid dienone is 1. The maximum absolute atomic E-state index is 14.2. The number of aryl methyl sites for hydroxylation is 1. The molecule has 2 bridgehead atoms. The van der Waals surface area contributed by atoms with Gasteiger partial charge in [-0.15, -0.1) is 0 Å². The predicted octanol–water partition coefficient (Wildman–Crippen LogP) is 1.18. The molecule has 2 aliphatic rings. The third-order valence-electron chi connectivity index (χ3n) is 4.80. The molecule has 8 nitrogen and oxygen atoms in total. The van der Waals surface area contributed by atoms with Gasteiger partial charge >= 0.3 is 0 Å². The highest BCUT2D eigenvalue weighted by Gasteiger charge is 2.47. The zero-order chi connectivity index (χ0) is 17.6. The Bertz CT molecular complexity index is 849. The Kier molecular flexibility index (Phi) is 3.63. The van der Waals surface area contributed by atoms with Crippen molar-refractivity contribution in [2.24, 2.45) is 30.5 Å². The Morgan fingerprint density at radius 2 is 2.16 bits per heavy atom. The molecule has 130 valence electrons. The minimum Gasteiger partial charge on any atom is -0.369 e. The molecule has 0 aliphatic heterocycles. The van der Waals surface area contributed by atoms with Crippen LogP contribution in [0.3, 0.4) is 0 Å². The molecular weight excluding hydrogens is 325 g/mol. The molecule has 2 aromatic rings. The molecule has 0 aromatic carbocycles. The van der Waals surface area contributed by atoms with Gasteiger partial charge in [0.2, 0.25) is 11.9 Å². The van der Waals surface area contributed by atoms with E-state index in [1.807, 2.05) is 6.08 Å². The van der Waals surface area contributed by atoms with Crippen LogP contribution in [-0.2, 0) is 11.8 Å². The molecule has 1 amide bonds. The van der Waals surface area contributed by atoms with Crippen LogP contribution in [0.4, 0.5) is 21.8 Å². The lowest BCUT2D eigenvalue weighted by molar-refractivity contribution is -0.122. The molecule has 4 rings (SSSR count). The molecule has 1 fully saturated rings. The van der Waals surface area contributed by atoms with Crippen molar-refractivity contribution in [3.05, 3.63) is 36.6 Å². The summed E-state index contributed by atoms with van der Waals surface area (Å²) in [5.74, 6) is -0.766. The number of anilines is 3. The Morgan fingerprint density at radius 1 is 1.36 bits per heavy atom. The van der Waals surface area contributed by atoms with Crippen molar-refractivity contribution in [2.75, 3.05) is 10.6 Å². The lowest BCUT2D eigenvalue weighted by atomic mass is 9.88. The van der Waals surface area contributed by atoms with E-state index in [0.29, 0.717) is 5.69 Å². The van der Waals surface area contributed by atoms with Crippen LogP contribution in [0.25, 0.3) is 0 Å². The summed E-state index contributed by atoms with van der Waals surface area (Å²) in [4.78, 5) is 19.9. The number of hydrogen-bond acceptors (Lipinski definition) is 6. The molecule has 0 saturated heterocycles. The van der Waals surface area contributed by atoms with Gasteiger partial charge in [-0.3, -0.25) is 9.48 Å². The van der Waals surface area contributed by atoms with Crippen LogP contribution in [-0.4, -0.2) is 31.7 Å². The van der Waals surface area contributed by atoms with Gasteiger partial charge in [0.1, 0.15) is 0 Å². The number of nitrogens with one attached hydrogen (secondary N) is 2. The fourth-order valence-corrected chi connectivity index (χ4v) is 3.71. The second kappa shape index (κ2) is 5.83. The van der Waals surface area contributed by atoms with E-state index < -0.39 is 5.82 Å². The van der Waals surface area contributed by atoms with Gasteiger partial charge in [-0.25, -0.2) is 9.37 Å². The van der Waals surface area contributed by atoms with E-state index in [-0.39, 0.29) is 41.5 Å². The average molecular weight is 343 g/mol. The number of nitrogens with zero attached hydrogens (tertiary/aromatic N) is 4. The van der Waals surface area contributed by atoms with Gasteiger partial charge in [0.05, 0.1) is 24.0 Å². The van der Waals surface area contributed by atoms with E-state index in [1.165, 1.54) is 0 Å². The molecule has 2 heterocycles. The monoisotopic (exact) mass is 343 g/mol. The largest absolute Gasteiger partial charge is 0.369 e. The molecule has 0 radical (unpaired) electrons.